The van der Waals surface area contributed by atoms with Crippen LogP contribution in [0.4, 0.5) is 0 Å². The van der Waals surface area contributed by atoms with E-state index in [-0.39, 0.29) is 11.7 Å². The fourth-order valence-electron chi connectivity index (χ4n) is 2.72. The van der Waals surface area contributed by atoms with Crippen LogP contribution in [0.15, 0.2) is 45.0 Å². The molecule has 0 spiro atoms. The molecule has 1 N–H and O–H groups in total. The number of aromatic nitrogens is 3. The maximum atomic E-state index is 12.1. The fourth-order valence-corrected chi connectivity index (χ4v) is 3.52. The summed E-state index contributed by atoms with van der Waals surface area (Å²) in [5.41, 5.74) is 3.32. The molecule has 3 aromatic rings. The molecule has 158 valence electrons. The van der Waals surface area contributed by atoms with Crippen molar-refractivity contribution in [1.29, 1.82) is 0 Å². The number of aryl methyl sites for hydroxylation is 1. The third kappa shape index (κ3) is 5.01. The summed E-state index contributed by atoms with van der Waals surface area (Å²) in [7, 11) is 3.17. The zero-order valence-corrected chi connectivity index (χ0v) is 18.0. The quantitative estimate of drug-likeness (QED) is 0.317. The van der Waals surface area contributed by atoms with Gasteiger partial charge in [-0.2, -0.15) is 5.10 Å². The second-order valence-corrected chi connectivity index (χ2v) is 7.09. The van der Waals surface area contributed by atoms with Crippen LogP contribution in [0.3, 0.4) is 0 Å². The van der Waals surface area contributed by atoms with Gasteiger partial charge in [0, 0.05) is 12.1 Å². The first kappa shape index (κ1) is 21.4. The van der Waals surface area contributed by atoms with Crippen molar-refractivity contribution in [3.05, 3.63) is 41.9 Å². The summed E-state index contributed by atoms with van der Waals surface area (Å²) in [5, 5.41) is 13.1. The van der Waals surface area contributed by atoms with Crippen LogP contribution in [-0.4, -0.2) is 46.9 Å². The number of benzene rings is 1. The lowest BCUT2D eigenvalue weighted by atomic mass is 10.2. The first-order valence-electron chi connectivity index (χ1n) is 9.22. The summed E-state index contributed by atoms with van der Waals surface area (Å²) in [6, 6.07) is 9.17. The van der Waals surface area contributed by atoms with Crippen LogP contribution >= 0.6 is 11.8 Å². The number of ether oxygens (including phenoxy) is 2. The number of hydrazone groups is 1. The van der Waals surface area contributed by atoms with E-state index in [1.54, 1.807) is 20.3 Å². The minimum atomic E-state index is -0.252. The van der Waals surface area contributed by atoms with E-state index < -0.39 is 0 Å². The maximum absolute atomic E-state index is 12.1. The molecule has 0 aliphatic rings. The van der Waals surface area contributed by atoms with Crippen LogP contribution < -0.4 is 14.9 Å². The number of nitrogens with zero attached hydrogens (tertiary/aromatic N) is 4. The Morgan fingerprint density at radius 3 is 2.70 bits per heavy atom. The minimum Gasteiger partial charge on any atom is -0.493 e. The van der Waals surface area contributed by atoms with Crippen molar-refractivity contribution >= 4 is 23.9 Å². The van der Waals surface area contributed by atoms with Crippen molar-refractivity contribution < 1.29 is 18.7 Å². The predicted octanol–water partition coefficient (Wildman–Crippen LogP) is 3.13. The van der Waals surface area contributed by atoms with E-state index in [0.717, 1.165) is 11.3 Å². The van der Waals surface area contributed by atoms with Crippen molar-refractivity contribution in [3.63, 3.8) is 0 Å². The number of thioether (sulfide) groups is 1. The largest absolute Gasteiger partial charge is 0.493 e. The van der Waals surface area contributed by atoms with Crippen LogP contribution in [0, 0.1) is 6.92 Å². The van der Waals surface area contributed by atoms with Crippen molar-refractivity contribution in [2.45, 2.75) is 25.5 Å². The van der Waals surface area contributed by atoms with Gasteiger partial charge < -0.3 is 18.5 Å². The van der Waals surface area contributed by atoms with E-state index >= 15 is 0 Å². The van der Waals surface area contributed by atoms with Gasteiger partial charge >= 0.3 is 0 Å². The van der Waals surface area contributed by atoms with E-state index in [4.69, 9.17) is 13.9 Å². The second-order valence-electron chi connectivity index (χ2n) is 6.15. The number of hydrogen-bond donors (Lipinski definition) is 1. The molecule has 0 saturated heterocycles. The standard InChI is InChI=1S/C20H23N5O4S/c1-5-25-19(14-7-9-16(27-3)17(10-14)28-4)23-24-20(25)30-12-18(26)22-21-11-15-8-6-13(2)29-15/h6-11H,5,12H2,1-4H3,(H,22,26)/b21-11-. The number of carbonyl (C=O) groups is 1. The van der Waals surface area contributed by atoms with Crippen molar-refractivity contribution in [2.75, 3.05) is 20.0 Å². The lowest BCUT2D eigenvalue weighted by Crippen LogP contribution is -2.20. The minimum absolute atomic E-state index is 0.151. The Morgan fingerprint density at radius 2 is 2.03 bits per heavy atom. The van der Waals surface area contributed by atoms with Gasteiger partial charge in [0.1, 0.15) is 11.5 Å². The molecule has 0 radical (unpaired) electrons. The molecule has 0 saturated carbocycles. The lowest BCUT2D eigenvalue weighted by Gasteiger charge is -2.10. The molecule has 0 fully saturated rings. The molecule has 30 heavy (non-hydrogen) atoms. The van der Waals surface area contributed by atoms with Gasteiger partial charge in [0.2, 0.25) is 0 Å². The second kappa shape index (κ2) is 9.97. The van der Waals surface area contributed by atoms with Gasteiger partial charge in [-0.25, -0.2) is 5.43 Å². The van der Waals surface area contributed by atoms with Gasteiger partial charge in [0.05, 0.1) is 26.2 Å². The van der Waals surface area contributed by atoms with Gasteiger partial charge in [-0.05, 0) is 44.2 Å². The molecule has 0 aliphatic carbocycles. The number of methoxy groups -OCH3 is 2. The number of amides is 1. The molecule has 2 aromatic heterocycles. The van der Waals surface area contributed by atoms with E-state index in [0.29, 0.717) is 34.8 Å². The van der Waals surface area contributed by atoms with Gasteiger partial charge in [0.15, 0.2) is 22.5 Å². The van der Waals surface area contributed by atoms with Crippen LogP contribution in [-0.2, 0) is 11.3 Å². The molecular weight excluding hydrogens is 406 g/mol. The van der Waals surface area contributed by atoms with E-state index in [1.807, 2.05) is 42.7 Å². The Labute approximate surface area is 178 Å². The topological polar surface area (TPSA) is 104 Å². The average Bonchev–Trinajstić information content (AvgIpc) is 3.37. The van der Waals surface area contributed by atoms with Crippen LogP contribution in [0.25, 0.3) is 11.4 Å². The normalized spacial score (nSPS) is 11.1. The van der Waals surface area contributed by atoms with Crippen LogP contribution in [0.2, 0.25) is 0 Å². The maximum Gasteiger partial charge on any atom is 0.250 e. The fraction of sp³-hybridized carbons (Fsp3) is 0.300. The summed E-state index contributed by atoms with van der Waals surface area (Å²) in [5.74, 6) is 3.19. The SMILES string of the molecule is CCn1c(SCC(=O)N/N=C\c2ccc(C)o2)nnc1-c1ccc(OC)c(OC)c1. The zero-order valence-electron chi connectivity index (χ0n) is 17.2. The summed E-state index contributed by atoms with van der Waals surface area (Å²) in [6.07, 6.45) is 1.46. The number of carbonyl (C=O) groups excluding carboxylic acids is 1. The third-order valence-electron chi connectivity index (χ3n) is 4.15. The number of hydrogen-bond acceptors (Lipinski definition) is 8. The molecule has 1 aromatic carbocycles. The molecule has 3 rings (SSSR count). The Hall–Kier alpha value is -3.27. The van der Waals surface area contributed by atoms with Crippen LogP contribution in [0.1, 0.15) is 18.4 Å². The lowest BCUT2D eigenvalue weighted by molar-refractivity contribution is -0.118. The Bertz CT molecular complexity index is 1040. The molecule has 1 amide bonds. The number of furan rings is 1. The highest BCUT2D eigenvalue weighted by Crippen LogP contribution is 2.32. The third-order valence-corrected chi connectivity index (χ3v) is 5.12. The predicted molar refractivity (Wildman–Crippen MR) is 114 cm³/mol. The highest BCUT2D eigenvalue weighted by atomic mass is 32.2. The summed E-state index contributed by atoms with van der Waals surface area (Å²) in [4.78, 5) is 12.1. The number of nitrogens with one attached hydrogen (secondary N) is 1. The molecule has 10 heteroatoms. The van der Waals surface area contributed by atoms with Gasteiger partial charge in [-0.1, -0.05) is 11.8 Å². The highest BCUT2D eigenvalue weighted by molar-refractivity contribution is 7.99. The molecule has 0 atom stereocenters. The van der Waals surface area contributed by atoms with Gasteiger partial charge in [-0.15, -0.1) is 10.2 Å². The monoisotopic (exact) mass is 429 g/mol. The van der Waals surface area contributed by atoms with Crippen molar-refractivity contribution in [3.8, 4) is 22.9 Å². The molecule has 0 unspecified atom stereocenters. The summed E-state index contributed by atoms with van der Waals surface area (Å²) >= 11 is 1.29. The Morgan fingerprint density at radius 1 is 1.23 bits per heavy atom. The smallest absolute Gasteiger partial charge is 0.250 e. The zero-order chi connectivity index (χ0) is 21.5. The molecular formula is C20H23N5O4S. The van der Waals surface area contributed by atoms with E-state index in [9.17, 15) is 4.79 Å². The van der Waals surface area contributed by atoms with Gasteiger partial charge in [0.25, 0.3) is 5.91 Å². The van der Waals surface area contributed by atoms with Gasteiger partial charge in [-0.3, -0.25) is 4.79 Å². The Balaban J connectivity index is 1.65. The summed E-state index contributed by atoms with van der Waals surface area (Å²) < 4.78 is 17.9. The van der Waals surface area contributed by atoms with Crippen molar-refractivity contribution in [1.82, 2.24) is 20.2 Å². The molecule has 9 nitrogen and oxygen atoms in total. The van der Waals surface area contributed by atoms with Crippen LogP contribution in [0.5, 0.6) is 11.5 Å². The van der Waals surface area contributed by atoms with E-state index in [1.165, 1.54) is 18.0 Å². The molecule has 2 heterocycles. The van der Waals surface area contributed by atoms with Crippen molar-refractivity contribution in [2.24, 2.45) is 5.10 Å². The Kier molecular flexibility index (Phi) is 7.12. The first-order valence-corrected chi connectivity index (χ1v) is 10.2. The summed E-state index contributed by atoms with van der Waals surface area (Å²) in [6.45, 7) is 4.48. The van der Waals surface area contributed by atoms with E-state index in [2.05, 4.69) is 20.7 Å². The highest BCUT2D eigenvalue weighted by Gasteiger charge is 2.16. The molecule has 0 bridgehead atoms. The number of rotatable bonds is 9. The molecule has 0 aliphatic heterocycles. The first-order chi connectivity index (χ1) is 14.5. The average molecular weight is 430 g/mol.